The molecule has 1 aromatic carbocycles. The molecule has 2 saturated heterocycles. The van der Waals surface area contributed by atoms with E-state index in [0.29, 0.717) is 56.9 Å². The zero-order valence-corrected chi connectivity index (χ0v) is 33.8. The normalized spacial score (nSPS) is 29.7. The van der Waals surface area contributed by atoms with Crippen LogP contribution in [0.5, 0.6) is 0 Å². The lowest BCUT2D eigenvalue weighted by Gasteiger charge is -2.44. The van der Waals surface area contributed by atoms with Gasteiger partial charge in [0.25, 0.3) is 6.02 Å². The van der Waals surface area contributed by atoms with Crippen molar-refractivity contribution in [3.63, 3.8) is 0 Å². The Balaban J connectivity index is 1.05. The Morgan fingerprint density at radius 1 is 0.857 bits per heavy atom. The van der Waals surface area contributed by atoms with Gasteiger partial charge in [-0.15, -0.1) is 11.3 Å². The second-order valence-electron chi connectivity index (χ2n) is 16.9. The SMILES string of the molecule is C[C@@H]1N=C(N2CCN(C(=O)[C@@H](CC3CCN(C4CCC(C(N)=O)CC4)CC3)NC3CCC(C(N)=O)CC3)[C@H](C(=O)CCc3cccs3)C2)O[C@H]1c1ccccc1. The maximum atomic E-state index is 15.0. The fourth-order valence-electron chi connectivity index (χ4n) is 9.88. The molecule has 2 aliphatic carbocycles. The fourth-order valence-corrected chi connectivity index (χ4v) is 10.6. The first kappa shape index (κ1) is 40.4. The second kappa shape index (κ2) is 18.6. The third kappa shape index (κ3) is 9.82. The summed E-state index contributed by atoms with van der Waals surface area (Å²) in [6, 6.07) is 14.2. The van der Waals surface area contributed by atoms with Crippen LogP contribution in [0.15, 0.2) is 52.8 Å². The zero-order valence-electron chi connectivity index (χ0n) is 32.9. The van der Waals surface area contributed by atoms with Gasteiger partial charge in [-0.25, -0.2) is 4.99 Å². The summed E-state index contributed by atoms with van der Waals surface area (Å²) in [4.78, 5) is 65.6. The average molecular weight is 788 g/mol. The number of hydrogen-bond donors (Lipinski definition) is 3. The highest BCUT2D eigenvalue weighted by atomic mass is 32.1. The van der Waals surface area contributed by atoms with Crippen LogP contribution in [-0.2, 0) is 30.3 Å². The number of aliphatic imine (C=N–C) groups is 1. The van der Waals surface area contributed by atoms with Crippen LogP contribution in [0, 0.1) is 17.8 Å². The van der Waals surface area contributed by atoms with Gasteiger partial charge in [0.15, 0.2) is 5.78 Å². The van der Waals surface area contributed by atoms with Gasteiger partial charge < -0.3 is 36.2 Å². The number of amidine groups is 1. The number of amides is 3. The molecule has 5 aliphatic rings. The summed E-state index contributed by atoms with van der Waals surface area (Å²) in [5.74, 6) is -0.116. The van der Waals surface area contributed by atoms with Crippen LogP contribution in [-0.4, -0.2) is 107 Å². The molecular weight excluding hydrogens is 727 g/mol. The molecular formula is C43H61N7O5S. The highest BCUT2D eigenvalue weighted by molar-refractivity contribution is 7.09. The zero-order chi connectivity index (χ0) is 39.2. The van der Waals surface area contributed by atoms with Crippen LogP contribution in [0.25, 0.3) is 0 Å². The van der Waals surface area contributed by atoms with E-state index in [-0.39, 0.29) is 53.5 Å². The van der Waals surface area contributed by atoms with E-state index in [1.54, 1.807) is 11.3 Å². The quantitative estimate of drug-likeness (QED) is 0.269. The maximum Gasteiger partial charge on any atom is 0.288 e. The number of likely N-dealkylation sites (tertiary alicyclic amines) is 1. The molecule has 13 heteroatoms. The van der Waals surface area contributed by atoms with Gasteiger partial charge >= 0.3 is 0 Å². The van der Waals surface area contributed by atoms with Gasteiger partial charge in [0, 0.05) is 54.9 Å². The van der Waals surface area contributed by atoms with Crippen molar-refractivity contribution in [1.82, 2.24) is 20.0 Å². The number of rotatable bonds is 13. The van der Waals surface area contributed by atoms with Gasteiger partial charge in [-0.3, -0.25) is 19.2 Å². The van der Waals surface area contributed by atoms with Gasteiger partial charge in [0.05, 0.1) is 12.1 Å². The first-order chi connectivity index (χ1) is 27.1. The van der Waals surface area contributed by atoms with Crippen molar-refractivity contribution in [2.75, 3.05) is 32.7 Å². The summed E-state index contributed by atoms with van der Waals surface area (Å²) in [6.45, 7) is 5.29. The number of aryl methyl sites for hydroxylation is 1. The van der Waals surface area contributed by atoms with E-state index in [9.17, 15) is 19.2 Å². The molecule has 7 rings (SSSR count). The predicted octanol–water partition coefficient (Wildman–Crippen LogP) is 4.43. The standard InChI is InChI=1S/C43H61N7O5S/c1-28-39(30-6-3-2-4-7-30)55-43(46-28)49-23-24-50(37(27-49)38(51)18-17-35-8-5-25-56-35)42(54)36(47-33-13-9-31(10-14-33)40(44)52)26-29-19-21-48(22-20-29)34-15-11-32(12-16-34)41(45)53/h2-8,25,28-29,31-34,36-37,39,47H,9-24,26-27H2,1H3,(H2,44,52)(H2,45,53)/t28-,31?,32?,33?,34?,36+,37-,39+/m0/s1. The number of nitrogens with two attached hydrogens (primary N) is 2. The minimum atomic E-state index is -0.624. The molecule has 0 bridgehead atoms. The van der Waals surface area contributed by atoms with Crippen molar-refractivity contribution in [1.29, 1.82) is 0 Å². The smallest absolute Gasteiger partial charge is 0.288 e. The van der Waals surface area contributed by atoms with E-state index in [1.165, 1.54) is 0 Å². The summed E-state index contributed by atoms with van der Waals surface area (Å²) in [5.41, 5.74) is 12.3. The van der Waals surface area contributed by atoms with E-state index in [0.717, 1.165) is 87.7 Å². The lowest BCUT2D eigenvalue weighted by atomic mass is 9.82. The van der Waals surface area contributed by atoms with E-state index in [4.69, 9.17) is 21.2 Å². The van der Waals surface area contributed by atoms with Gasteiger partial charge in [-0.05, 0) is 120 Å². The molecule has 5 N–H and O–H groups in total. The summed E-state index contributed by atoms with van der Waals surface area (Å²) >= 11 is 1.65. The van der Waals surface area contributed by atoms with Crippen LogP contribution < -0.4 is 16.8 Å². The second-order valence-corrected chi connectivity index (χ2v) is 18.0. The Morgan fingerprint density at radius 2 is 1.54 bits per heavy atom. The number of carbonyl (C=O) groups is 4. The number of hydrogen-bond acceptors (Lipinski definition) is 10. The van der Waals surface area contributed by atoms with Crippen molar-refractivity contribution in [3.05, 3.63) is 58.3 Å². The number of thiophene rings is 1. The first-order valence-electron chi connectivity index (χ1n) is 21.1. The van der Waals surface area contributed by atoms with Gasteiger partial charge in [-0.1, -0.05) is 36.4 Å². The Bertz CT molecular complexity index is 1670. The molecule has 0 radical (unpaired) electrons. The molecule has 2 aromatic rings. The van der Waals surface area contributed by atoms with Crippen LogP contribution in [0.2, 0.25) is 0 Å². The number of nitrogens with zero attached hydrogens (tertiary/aromatic N) is 4. The predicted molar refractivity (Wildman–Crippen MR) is 218 cm³/mol. The molecule has 3 amide bonds. The lowest BCUT2D eigenvalue weighted by molar-refractivity contribution is -0.144. The molecule has 12 nitrogen and oxygen atoms in total. The molecule has 4 heterocycles. The summed E-state index contributed by atoms with van der Waals surface area (Å²) < 4.78 is 6.48. The largest absolute Gasteiger partial charge is 0.455 e. The molecule has 4 fully saturated rings. The van der Waals surface area contributed by atoms with E-state index >= 15 is 0 Å². The van der Waals surface area contributed by atoms with Gasteiger partial charge in [0.2, 0.25) is 17.7 Å². The topological polar surface area (TPSA) is 164 Å². The highest BCUT2D eigenvalue weighted by Gasteiger charge is 2.43. The summed E-state index contributed by atoms with van der Waals surface area (Å²) in [5, 5.41) is 5.82. The Morgan fingerprint density at radius 3 is 2.18 bits per heavy atom. The van der Waals surface area contributed by atoms with Gasteiger partial charge in [0.1, 0.15) is 12.1 Å². The lowest BCUT2D eigenvalue weighted by Crippen LogP contribution is -2.63. The molecule has 0 spiro atoms. The molecule has 2 saturated carbocycles. The van der Waals surface area contributed by atoms with Crippen molar-refractivity contribution in [3.8, 4) is 0 Å². The molecule has 4 atom stereocenters. The van der Waals surface area contributed by atoms with Crippen LogP contribution >= 0.6 is 11.3 Å². The van der Waals surface area contributed by atoms with Crippen LogP contribution in [0.3, 0.4) is 0 Å². The average Bonchev–Trinajstić information content (AvgIpc) is 3.90. The van der Waals surface area contributed by atoms with Crippen molar-refractivity contribution >= 4 is 40.9 Å². The van der Waals surface area contributed by atoms with Crippen molar-refractivity contribution < 1.29 is 23.9 Å². The maximum absolute atomic E-state index is 15.0. The number of piperazine rings is 1. The first-order valence-corrected chi connectivity index (χ1v) is 22.0. The number of ether oxygens (including phenoxy) is 1. The Labute approximate surface area is 335 Å². The molecule has 3 aliphatic heterocycles. The number of benzene rings is 1. The van der Waals surface area contributed by atoms with E-state index in [2.05, 4.69) is 40.2 Å². The molecule has 56 heavy (non-hydrogen) atoms. The third-order valence-corrected chi connectivity index (χ3v) is 14.3. The number of Topliss-reactive ketones (excluding diaryl/α,β-unsaturated/α-hetero) is 1. The third-order valence-electron chi connectivity index (χ3n) is 13.3. The number of carbonyl (C=O) groups excluding carboxylic acids is 4. The molecule has 304 valence electrons. The minimum absolute atomic E-state index is 0.00128. The summed E-state index contributed by atoms with van der Waals surface area (Å²) in [6.07, 6.45) is 10.3. The molecule has 0 unspecified atom stereocenters. The van der Waals surface area contributed by atoms with Crippen LogP contribution in [0.4, 0.5) is 0 Å². The van der Waals surface area contributed by atoms with Crippen LogP contribution in [0.1, 0.15) is 101 Å². The highest BCUT2D eigenvalue weighted by Crippen LogP contribution is 2.34. The van der Waals surface area contributed by atoms with Gasteiger partial charge in [-0.2, -0.15) is 0 Å². The minimum Gasteiger partial charge on any atom is -0.455 e. The van der Waals surface area contributed by atoms with E-state index in [1.807, 2.05) is 34.5 Å². The summed E-state index contributed by atoms with van der Waals surface area (Å²) in [7, 11) is 0. The fraction of sp³-hybridized carbons (Fsp3) is 0.651. The number of piperidine rings is 1. The van der Waals surface area contributed by atoms with Crippen molar-refractivity contribution in [2.45, 2.75) is 127 Å². The Hall–Kier alpha value is -3.81. The number of primary amides is 2. The monoisotopic (exact) mass is 787 g/mol. The van der Waals surface area contributed by atoms with Crippen molar-refractivity contribution in [2.24, 2.45) is 34.2 Å². The molecule has 1 aromatic heterocycles. The van der Waals surface area contributed by atoms with E-state index < -0.39 is 12.1 Å². The number of nitrogens with one attached hydrogen (secondary N) is 1. The number of ketones is 1. The Kier molecular flexibility index (Phi) is 13.4.